The molecule has 5 rings (SSSR count). The standard InChI is InChI=1S/C27H31N5O2S/c1-17(2)15-31-25(34)22-13-12-20(24(33)28-21-6-4-5-7-21)14-23(22)32-26(31)29-30-27(32)35-16-19-10-8-18(3)9-11-19/h8-14,17,21H,4-7,15-16H2,1-3H3,(H,28,33). The number of nitrogens with one attached hydrogen (secondary N) is 1. The van der Waals surface area contributed by atoms with Crippen molar-refractivity contribution in [3.8, 4) is 0 Å². The molecule has 0 atom stereocenters. The Balaban J connectivity index is 1.59. The monoisotopic (exact) mass is 489 g/mol. The van der Waals surface area contributed by atoms with Gasteiger partial charge in [-0.3, -0.25) is 18.6 Å². The number of nitrogens with zero attached hydrogens (tertiary/aromatic N) is 4. The Bertz CT molecular complexity index is 1430. The highest BCUT2D eigenvalue weighted by atomic mass is 32.2. The largest absolute Gasteiger partial charge is 0.349 e. The third-order valence-electron chi connectivity index (χ3n) is 6.56. The molecule has 1 saturated carbocycles. The lowest BCUT2D eigenvalue weighted by Gasteiger charge is -2.15. The van der Waals surface area contributed by atoms with Crippen LogP contribution >= 0.6 is 11.8 Å². The topological polar surface area (TPSA) is 81.3 Å². The van der Waals surface area contributed by atoms with Gasteiger partial charge in [-0.25, -0.2) is 0 Å². The third-order valence-corrected chi connectivity index (χ3v) is 7.56. The van der Waals surface area contributed by atoms with Crippen LogP contribution in [0.1, 0.15) is 61.0 Å². The summed E-state index contributed by atoms with van der Waals surface area (Å²) in [5, 5.41) is 13.3. The first kappa shape index (κ1) is 23.6. The molecule has 4 aromatic rings. The molecule has 0 unspecified atom stereocenters. The van der Waals surface area contributed by atoms with Crippen LogP contribution < -0.4 is 10.9 Å². The summed E-state index contributed by atoms with van der Waals surface area (Å²) in [6, 6.07) is 14.0. The van der Waals surface area contributed by atoms with Gasteiger partial charge in [0.05, 0.1) is 10.9 Å². The molecule has 35 heavy (non-hydrogen) atoms. The second-order valence-electron chi connectivity index (χ2n) is 9.89. The lowest BCUT2D eigenvalue weighted by Crippen LogP contribution is -2.32. The highest BCUT2D eigenvalue weighted by Gasteiger charge is 2.21. The number of carbonyl (C=O) groups excluding carboxylic acids is 1. The molecule has 1 aliphatic carbocycles. The zero-order valence-corrected chi connectivity index (χ0v) is 21.3. The van der Waals surface area contributed by atoms with Gasteiger partial charge in [0.15, 0.2) is 5.16 Å². The van der Waals surface area contributed by atoms with E-state index < -0.39 is 0 Å². The van der Waals surface area contributed by atoms with Crippen molar-refractivity contribution in [1.82, 2.24) is 24.5 Å². The maximum absolute atomic E-state index is 13.4. The SMILES string of the molecule is Cc1ccc(CSc2nnc3n(CC(C)C)c(=O)c4ccc(C(=O)NC5CCCC5)cc4n23)cc1. The first-order chi connectivity index (χ1) is 16.9. The lowest BCUT2D eigenvalue weighted by atomic mass is 10.1. The van der Waals surface area contributed by atoms with E-state index in [9.17, 15) is 9.59 Å². The number of hydrogen-bond donors (Lipinski definition) is 1. The van der Waals surface area contributed by atoms with Gasteiger partial charge >= 0.3 is 0 Å². The van der Waals surface area contributed by atoms with E-state index in [4.69, 9.17) is 0 Å². The minimum Gasteiger partial charge on any atom is -0.349 e. The molecule has 0 aliphatic heterocycles. The molecule has 182 valence electrons. The molecule has 1 aliphatic rings. The molecule has 0 bridgehead atoms. The molecular weight excluding hydrogens is 458 g/mol. The van der Waals surface area contributed by atoms with E-state index in [-0.39, 0.29) is 23.4 Å². The summed E-state index contributed by atoms with van der Waals surface area (Å²) in [7, 11) is 0. The lowest BCUT2D eigenvalue weighted by molar-refractivity contribution is 0.0938. The first-order valence-corrected chi connectivity index (χ1v) is 13.3. The second kappa shape index (κ2) is 9.85. The van der Waals surface area contributed by atoms with Crippen molar-refractivity contribution in [3.63, 3.8) is 0 Å². The Labute approximate surface area is 208 Å². The normalized spacial score (nSPS) is 14.4. The fraction of sp³-hybridized carbons (Fsp3) is 0.407. The summed E-state index contributed by atoms with van der Waals surface area (Å²) in [5.74, 6) is 1.41. The third kappa shape index (κ3) is 4.85. The van der Waals surface area contributed by atoms with Crippen LogP contribution in [0.15, 0.2) is 52.4 Å². The van der Waals surface area contributed by atoms with Crippen molar-refractivity contribution >= 4 is 34.3 Å². The summed E-state index contributed by atoms with van der Waals surface area (Å²) in [5.41, 5.74) is 3.52. The highest BCUT2D eigenvalue weighted by molar-refractivity contribution is 7.98. The van der Waals surface area contributed by atoms with E-state index in [0.29, 0.717) is 33.9 Å². The van der Waals surface area contributed by atoms with Crippen molar-refractivity contribution < 1.29 is 4.79 Å². The summed E-state index contributed by atoms with van der Waals surface area (Å²) >= 11 is 1.58. The number of rotatable bonds is 7. The van der Waals surface area contributed by atoms with Crippen LogP contribution in [-0.4, -0.2) is 31.1 Å². The predicted octanol–water partition coefficient (Wildman–Crippen LogP) is 4.97. The Morgan fingerprint density at radius 2 is 1.86 bits per heavy atom. The molecule has 2 aromatic heterocycles. The van der Waals surface area contributed by atoms with Crippen LogP contribution in [0.25, 0.3) is 16.7 Å². The number of carbonyl (C=O) groups is 1. The fourth-order valence-corrected chi connectivity index (χ4v) is 5.61. The van der Waals surface area contributed by atoms with Crippen LogP contribution in [0, 0.1) is 12.8 Å². The van der Waals surface area contributed by atoms with Crippen molar-refractivity contribution in [2.45, 2.75) is 70.0 Å². The maximum Gasteiger partial charge on any atom is 0.262 e. The molecule has 2 aromatic carbocycles. The van der Waals surface area contributed by atoms with Gasteiger partial charge in [-0.1, -0.05) is 68.3 Å². The Kier molecular flexibility index (Phi) is 6.65. The highest BCUT2D eigenvalue weighted by Crippen LogP contribution is 2.26. The number of benzene rings is 2. The Morgan fingerprint density at radius 3 is 2.57 bits per heavy atom. The van der Waals surface area contributed by atoms with Gasteiger partial charge in [0, 0.05) is 23.9 Å². The average molecular weight is 490 g/mol. The quantitative estimate of drug-likeness (QED) is 0.371. The number of thioether (sulfide) groups is 1. The van der Waals surface area contributed by atoms with Crippen LogP contribution in [0.3, 0.4) is 0 Å². The van der Waals surface area contributed by atoms with E-state index in [1.165, 1.54) is 11.1 Å². The molecule has 1 amide bonds. The fourth-order valence-electron chi connectivity index (χ4n) is 4.72. The molecule has 0 spiro atoms. The molecule has 7 nitrogen and oxygen atoms in total. The summed E-state index contributed by atoms with van der Waals surface area (Å²) in [6.45, 7) is 6.77. The van der Waals surface area contributed by atoms with Gasteiger partial charge in [0.2, 0.25) is 5.78 Å². The molecule has 2 heterocycles. The summed E-state index contributed by atoms with van der Waals surface area (Å²) in [4.78, 5) is 26.4. The molecule has 1 N–H and O–H groups in total. The number of amides is 1. The molecular formula is C27H31N5O2S. The van der Waals surface area contributed by atoms with Crippen molar-refractivity contribution in [2.24, 2.45) is 5.92 Å². The molecule has 1 fully saturated rings. The van der Waals surface area contributed by atoms with Crippen molar-refractivity contribution in [2.75, 3.05) is 0 Å². The van der Waals surface area contributed by atoms with Crippen LogP contribution in [0.5, 0.6) is 0 Å². The van der Waals surface area contributed by atoms with Gasteiger partial charge in [-0.15, -0.1) is 10.2 Å². The van der Waals surface area contributed by atoms with Crippen LogP contribution in [-0.2, 0) is 12.3 Å². The number of aromatic nitrogens is 4. The number of fused-ring (bicyclic) bond motifs is 3. The van der Waals surface area contributed by atoms with Crippen LogP contribution in [0.2, 0.25) is 0 Å². The van der Waals surface area contributed by atoms with E-state index in [0.717, 1.165) is 31.4 Å². The smallest absolute Gasteiger partial charge is 0.262 e. The van der Waals surface area contributed by atoms with Gasteiger partial charge in [-0.05, 0) is 49.4 Å². The Hall–Kier alpha value is -3.13. The van der Waals surface area contributed by atoms with E-state index >= 15 is 0 Å². The minimum absolute atomic E-state index is 0.0970. The number of aryl methyl sites for hydroxylation is 1. The zero-order chi connectivity index (χ0) is 24.5. The average Bonchev–Trinajstić information content (AvgIpc) is 3.51. The van der Waals surface area contributed by atoms with Crippen molar-refractivity contribution in [3.05, 3.63) is 69.5 Å². The van der Waals surface area contributed by atoms with Crippen molar-refractivity contribution in [1.29, 1.82) is 0 Å². The zero-order valence-electron chi connectivity index (χ0n) is 20.5. The van der Waals surface area contributed by atoms with Gasteiger partial charge in [0.25, 0.3) is 11.5 Å². The minimum atomic E-state index is -0.105. The van der Waals surface area contributed by atoms with Gasteiger partial charge in [-0.2, -0.15) is 0 Å². The van der Waals surface area contributed by atoms with Crippen LogP contribution in [0.4, 0.5) is 0 Å². The predicted molar refractivity (Wildman–Crippen MR) is 140 cm³/mol. The first-order valence-electron chi connectivity index (χ1n) is 12.3. The van der Waals surface area contributed by atoms with E-state index in [2.05, 4.69) is 60.6 Å². The van der Waals surface area contributed by atoms with E-state index in [1.54, 1.807) is 28.5 Å². The van der Waals surface area contributed by atoms with E-state index in [1.807, 2.05) is 10.5 Å². The molecule has 0 radical (unpaired) electrons. The van der Waals surface area contributed by atoms with Gasteiger partial charge < -0.3 is 5.32 Å². The summed E-state index contributed by atoms with van der Waals surface area (Å²) < 4.78 is 3.64. The molecule has 0 saturated heterocycles. The maximum atomic E-state index is 13.4. The second-order valence-corrected chi connectivity index (χ2v) is 10.8. The Morgan fingerprint density at radius 1 is 1.11 bits per heavy atom. The molecule has 8 heteroatoms. The summed E-state index contributed by atoms with van der Waals surface area (Å²) in [6.07, 6.45) is 4.35. The number of hydrogen-bond acceptors (Lipinski definition) is 5. The van der Waals surface area contributed by atoms with Gasteiger partial charge in [0.1, 0.15) is 0 Å².